The molecule has 2 aromatic rings. The molecule has 0 spiro atoms. The topological polar surface area (TPSA) is 60.5 Å². The van der Waals surface area contributed by atoms with Crippen LogP contribution in [0.2, 0.25) is 0 Å². The highest BCUT2D eigenvalue weighted by Crippen LogP contribution is 2.27. The number of thiazole rings is 1. The number of benzene rings is 1. The number of carbonyl (C=O) groups excluding carboxylic acids is 1. The van der Waals surface area contributed by atoms with E-state index in [-0.39, 0.29) is 11.9 Å². The quantitative estimate of drug-likeness (QED) is 0.891. The number of hydrogen-bond acceptors (Lipinski definition) is 5. The Kier molecular flexibility index (Phi) is 5.16. The molecule has 0 fully saturated rings. The van der Waals surface area contributed by atoms with Crippen molar-refractivity contribution in [1.82, 2.24) is 10.3 Å². The van der Waals surface area contributed by atoms with Gasteiger partial charge in [0.1, 0.15) is 17.3 Å². The maximum absolute atomic E-state index is 11.8. The van der Waals surface area contributed by atoms with E-state index < -0.39 is 0 Å². The maximum Gasteiger partial charge on any atom is 0.270 e. The van der Waals surface area contributed by atoms with Crippen molar-refractivity contribution < 1.29 is 14.3 Å². The van der Waals surface area contributed by atoms with E-state index in [2.05, 4.69) is 10.3 Å². The van der Waals surface area contributed by atoms with E-state index in [9.17, 15) is 4.79 Å². The van der Waals surface area contributed by atoms with E-state index in [1.165, 1.54) is 11.3 Å². The number of nitrogens with zero attached hydrogens (tertiary/aromatic N) is 1. The molecule has 1 heterocycles. The highest BCUT2D eigenvalue weighted by Gasteiger charge is 2.12. The Morgan fingerprint density at radius 3 is 2.71 bits per heavy atom. The predicted molar refractivity (Wildman–Crippen MR) is 82.0 cm³/mol. The number of carbonyl (C=O) groups is 1. The molecule has 0 aliphatic heterocycles. The fourth-order valence-corrected chi connectivity index (χ4v) is 2.38. The van der Waals surface area contributed by atoms with Crippen LogP contribution < -0.4 is 14.8 Å². The normalized spacial score (nSPS) is 10.5. The first kappa shape index (κ1) is 15.3. The zero-order valence-electron chi connectivity index (χ0n) is 12.3. The number of ether oxygens (including phenoxy) is 2. The van der Waals surface area contributed by atoms with E-state index in [1.54, 1.807) is 12.5 Å². The summed E-state index contributed by atoms with van der Waals surface area (Å²) in [5, 5.41) is 5.29. The van der Waals surface area contributed by atoms with Crippen molar-refractivity contribution in [3.8, 4) is 11.5 Å². The first-order chi connectivity index (χ1) is 10.1. The third-order valence-electron chi connectivity index (χ3n) is 2.62. The summed E-state index contributed by atoms with van der Waals surface area (Å²) >= 11 is 1.40. The molecule has 0 aliphatic rings. The van der Waals surface area contributed by atoms with Gasteiger partial charge in [0, 0.05) is 11.4 Å². The molecule has 0 atom stereocenters. The molecule has 2 rings (SSSR count). The number of hydrogen-bond donors (Lipinski definition) is 1. The molecule has 21 heavy (non-hydrogen) atoms. The molecular weight excluding hydrogens is 288 g/mol. The summed E-state index contributed by atoms with van der Waals surface area (Å²) in [6.07, 6.45) is 0. The highest BCUT2D eigenvalue weighted by molar-refractivity contribution is 7.09. The first-order valence-electron chi connectivity index (χ1n) is 6.61. The van der Waals surface area contributed by atoms with Crippen LogP contribution in [0.15, 0.2) is 29.6 Å². The Bertz CT molecular complexity index is 610. The fraction of sp³-hybridized carbons (Fsp3) is 0.333. The second kappa shape index (κ2) is 7.08. The van der Waals surface area contributed by atoms with Gasteiger partial charge in [-0.1, -0.05) is 12.1 Å². The average Bonchev–Trinajstić information content (AvgIpc) is 2.93. The largest absolute Gasteiger partial charge is 0.493 e. The lowest BCUT2D eigenvalue weighted by Crippen LogP contribution is -2.30. The molecule has 0 saturated heterocycles. The van der Waals surface area contributed by atoms with Crippen LogP contribution in [0.4, 0.5) is 0 Å². The Morgan fingerprint density at radius 1 is 1.33 bits per heavy atom. The molecule has 0 unspecified atom stereocenters. The van der Waals surface area contributed by atoms with Crippen LogP contribution in [0, 0.1) is 0 Å². The van der Waals surface area contributed by atoms with Gasteiger partial charge in [0.05, 0.1) is 7.11 Å². The van der Waals surface area contributed by atoms with Gasteiger partial charge in [-0.15, -0.1) is 11.3 Å². The Labute approximate surface area is 127 Å². The summed E-state index contributed by atoms with van der Waals surface area (Å²) in [7, 11) is 1.60. The molecule has 1 N–H and O–H groups in total. The summed E-state index contributed by atoms with van der Waals surface area (Å²) in [5.74, 6) is 1.17. The molecule has 0 radical (unpaired) electrons. The third-order valence-corrected chi connectivity index (χ3v) is 3.45. The number of aromatic nitrogens is 1. The second-order valence-electron chi connectivity index (χ2n) is 4.69. The minimum Gasteiger partial charge on any atom is -0.493 e. The molecular formula is C15H18N2O3S. The highest BCUT2D eigenvalue weighted by atomic mass is 32.1. The standard InChI is InChI=1S/C15H18N2O3S/c1-10(2)16-15(18)11-9-21-14(17-11)8-20-13-7-5-4-6-12(13)19-3/h4-7,9-10H,8H2,1-3H3,(H,16,18). The lowest BCUT2D eigenvalue weighted by Gasteiger charge is -2.08. The summed E-state index contributed by atoms with van der Waals surface area (Å²) in [6, 6.07) is 7.51. The van der Waals surface area contributed by atoms with E-state index in [0.717, 1.165) is 5.01 Å². The van der Waals surface area contributed by atoms with Gasteiger partial charge in [0.15, 0.2) is 11.5 Å². The number of para-hydroxylation sites is 2. The van der Waals surface area contributed by atoms with E-state index in [1.807, 2.05) is 38.1 Å². The molecule has 0 saturated carbocycles. The lowest BCUT2D eigenvalue weighted by atomic mass is 10.3. The Balaban J connectivity index is 1.98. The summed E-state index contributed by atoms with van der Waals surface area (Å²) in [6.45, 7) is 4.13. The van der Waals surface area contributed by atoms with Gasteiger partial charge in [-0.25, -0.2) is 4.98 Å². The smallest absolute Gasteiger partial charge is 0.270 e. The minimum absolute atomic E-state index is 0.0903. The summed E-state index contributed by atoms with van der Waals surface area (Å²) < 4.78 is 10.9. The third kappa shape index (κ3) is 4.19. The lowest BCUT2D eigenvalue weighted by molar-refractivity contribution is 0.0938. The van der Waals surface area contributed by atoms with Crippen LogP contribution in [0.1, 0.15) is 29.3 Å². The van der Waals surface area contributed by atoms with Gasteiger partial charge in [-0.2, -0.15) is 0 Å². The molecule has 6 heteroatoms. The van der Waals surface area contributed by atoms with E-state index in [4.69, 9.17) is 9.47 Å². The van der Waals surface area contributed by atoms with Crippen LogP contribution in [0.25, 0.3) is 0 Å². The molecule has 1 aromatic heterocycles. The van der Waals surface area contributed by atoms with Crippen molar-refractivity contribution in [3.05, 3.63) is 40.3 Å². The SMILES string of the molecule is COc1ccccc1OCc1nc(C(=O)NC(C)C)cs1. The minimum atomic E-state index is -0.162. The van der Waals surface area contributed by atoms with Crippen molar-refractivity contribution in [2.75, 3.05) is 7.11 Å². The molecule has 112 valence electrons. The van der Waals surface area contributed by atoms with E-state index >= 15 is 0 Å². The van der Waals surface area contributed by atoms with Gasteiger partial charge >= 0.3 is 0 Å². The van der Waals surface area contributed by atoms with Crippen molar-refractivity contribution in [3.63, 3.8) is 0 Å². The molecule has 0 bridgehead atoms. The molecule has 1 aromatic carbocycles. The van der Waals surface area contributed by atoms with Crippen molar-refractivity contribution >= 4 is 17.2 Å². The second-order valence-corrected chi connectivity index (χ2v) is 5.64. The number of amides is 1. The van der Waals surface area contributed by atoms with Crippen LogP contribution in [0.5, 0.6) is 11.5 Å². The van der Waals surface area contributed by atoms with Crippen LogP contribution >= 0.6 is 11.3 Å². The number of rotatable bonds is 6. The summed E-state index contributed by atoms with van der Waals surface area (Å²) in [4.78, 5) is 16.1. The van der Waals surface area contributed by atoms with Gasteiger partial charge in [-0.05, 0) is 26.0 Å². The zero-order valence-corrected chi connectivity index (χ0v) is 13.1. The summed E-state index contributed by atoms with van der Waals surface area (Å²) in [5.41, 5.74) is 0.423. The Morgan fingerprint density at radius 2 is 2.05 bits per heavy atom. The fourth-order valence-electron chi connectivity index (χ4n) is 1.70. The van der Waals surface area contributed by atoms with Crippen LogP contribution in [0.3, 0.4) is 0 Å². The molecule has 5 nitrogen and oxygen atoms in total. The number of methoxy groups -OCH3 is 1. The first-order valence-corrected chi connectivity index (χ1v) is 7.49. The monoisotopic (exact) mass is 306 g/mol. The van der Waals surface area contributed by atoms with Crippen LogP contribution in [-0.4, -0.2) is 24.0 Å². The van der Waals surface area contributed by atoms with E-state index in [0.29, 0.717) is 23.8 Å². The van der Waals surface area contributed by atoms with Crippen LogP contribution in [-0.2, 0) is 6.61 Å². The van der Waals surface area contributed by atoms with Crippen molar-refractivity contribution in [1.29, 1.82) is 0 Å². The zero-order chi connectivity index (χ0) is 15.2. The van der Waals surface area contributed by atoms with Gasteiger partial charge in [0.2, 0.25) is 0 Å². The molecule has 1 amide bonds. The number of nitrogens with one attached hydrogen (secondary N) is 1. The van der Waals surface area contributed by atoms with Gasteiger partial charge < -0.3 is 14.8 Å². The van der Waals surface area contributed by atoms with Gasteiger partial charge in [-0.3, -0.25) is 4.79 Å². The van der Waals surface area contributed by atoms with Gasteiger partial charge in [0.25, 0.3) is 5.91 Å². The Hall–Kier alpha value is -2.08. The maximum atomic E-state index is 11.8. The predicted octanol–water partition coefficient (Wildman–Crippen LogP) is 2.87. The average molecular weight is 306 g/mol. The van der Waals surface area contributed by atoms with Crippen molar-refractivity contribution in [2.24, 2.45) is 0 Å². The van der Waals surface area contributed by atoms with Crippen molar-refractivity contribution in [2.45, 2.75) is 26.5 Å². The molecule has 0 aliphatic carbocycles.